The summed E-state index contributed by atoms with van der Waals surface area (Å²) in [6.45, 7) is 0. The van der Waals surface area contributed by atoms with E-state index in [2.05, 4.69) is 5.18 Å². The number of carbonyl (C=O) groups is 1. The molecule has 0 aliphatic heterocycles. The number of hydrogen-bond donors (Lipinski definition) is 3. The molecule has 0 aromatic heterocycles. The first-order valence-electron chi connectivity index (χ1n) is 5.81. The molecule has 0 spiro atoms. The van der Waals surface area contributed by atoms with Gasteiger partial charge in [-0.3, -0.25) is 10.0 Å². The van der Waals surface area contributed by atoms with Gasteiger partial charge >= 0.3 is 0 Å². The highest BCUT2D eigenvalue weighted by atomic mass is 16.5. The van der Waals surface area contributed by atoms with Crippen LogP contribution in [0.5, 0.6) is 0 Å². The molecule has 0 bridgehead atoms. The summed E-state index contributed by atoms with van der Waals surface area (Å²) < 4.78 is 0. The molecule has 0 saturated carbocycles. The highest BCUT2D eigenvalue weighted by Gasteiger charge is 2.07. The van der Waals surface area contributed by atoms with Gasteiger partial charge in [0, 0.05) is 11.1 Å². The number of nitrogens with one attached hydrogen (secondary N) is 1. The normalized spacial score (nSPS) is 11.7. The highest BCUT2D eigenvalue weighted by Crippen LogP contribution is 2.22. The number of nitroso groups, excluding NO2 is 1. The van der Waals surface area contributed by atoms with Gasteiger partial charge < -0.3 is 5.11 Å². The predicted molar refractivity (Wildman–Crippen MR) is 71.9 cm³/mol. The molecule has 1 amide bonds. The van der Waals surface area contributed by atoms with Crippen LogP contribution >= 0.6 is 0 Å². The van der Waals surface area contributed by atoms with Gasteiger partial charge in [0.05, 0.1) is 0 Å². The van der Waals surface area contributed by atoms with Crippen LogP contribution in [0, 0.1) is 4.91 Å². The maximum absolute atomic E-state index is 11.2. The molecule has 0 fully saturated rings. The zero-order valence-corrected chi connectivity index (χ0v) is 10.4. The van der Waals surface area contributed by atoms with Crippen molar-refractivity contribution in [2.24, 2.45) is 5.18 Å². The fraction of sp³-hybridized carbons (Fsp3) is 0.0714. The molecule has 2 rings (SSSR count). The predicted octanol–water partition coefficient (Wildman–Crippen LogP) is 2.23. The van der Waals surface area contributed by atoms with Crippen molar-refractivity contribution in [3.05, 3.63) is 64.6 Å². The quantitative estimate of drug-likeness (QED) is 0.451. The van der Waals surface area contributed by atoms with Crippen LogP contribution in [0.1, 0.15) is 22.1 Å². The summed E-state index contributed by atoms with van der Waals surface area (Å²) in [6.07, 6.45) is -1.36. The van der Waals surface area contributed by atoms with E-state index in [4.69, 9.17) is 5.21 Å². The van der Waals surface area contributed by atoms with Gasteiger partial charge in [0.25, 0.3) is 5.91 Å². The second-order valence-corrected chi connectivity index (χ2v) is 4.12. The Balaban J connectivity index is 2.23. The molecule has 0 radical (unpaired) electrons. The SMILES string of the molecule is O=NC(O)c1ccc(-c2ccc(C(=O)NO)cc2)cc1. The minimum absolute atomic E-state index is 0.341. The summed E-state index contributed by atoms with van der Waals surface area (Å²) in [4.78, 5) is 21.4. The zero-order valence-electron chi connectivity index (χ0n) is 10.4. The van der Waals surface area contributed by atoms with E-state index < -0.39 is 12.1 Å². The van der Waals surface area contributed by atoms with Crippen molar-refractivity contribution in [1.29, 1.82) is 0 Å². The molecular formula is C14H12N2O4. The smallest absolute Gasteiger partial charge is 0.274 e. The molecule has 2 aromatic rings. The first kappa shape index (κ1) is 13.9. The molecule has 102 valence electrons. The lowest BCUT2D eigenvalue weighted by Gasteiger charge is -2.06. The lowest BCUT2D eigenvalue weighted by molar-refractivity contribution is 0.0706. The largest absolute Gasteiger partial charge is 0.365 e. The summed E-state index contributed by atoms with van der Waals surface area (Å²) in [5, 5.41) is 20.3. The third kappa shape index (κ3) is 2.87. The van der Waals surface area contributed by atoms with Gasteiger partial charge in [-0.1, -0.05) is 36.4 Å². The van der Waals surface area contributed by atoms with Crippen LogP contribution in [0.4, 0.5) is 0 Å². The molecule has 0 heterocycles. The van der Waals surface area contributed by atoms with E-state index in [1.54, 1.807) is 54.0 Å². The summed E-state index contributed by atoms with van der Waals surface area (Å²) >= 11 is 0. The number of aliphatic hydroxyl groups is 1. The molecule has 20 heavy (non-hydrogen) atoms. The van der Waals surface area contributed by atoms with Crippen LogP contribution in [-0.4, -0.2) is 16.2 Å². The van der Waals surface area contributed by atoms with Gasteiger partial charge in [-0.25, -0.2) is 5.48 Å². The Morgan fingerprint density at radius 1 is 1.00 bits per heavy atom. The topological polar surface area (TPSA) is 99.0 Å². The van der Waals surface area contributed by atoms with Crippen LogP contribution in [0.2, 0.25) is 0 Å². The number of nitrogens with zero attached hydrogens (tertiary/aromatic N) is 1. The van der Waals surface area contributed by atoms with Crippen LogP contribution in [0.15, 0.2) is 53.7 Å². The van der Waals surface area contributed by atoms with E-state index in [0.29, 0.717) is 11.1 Å². The third-order valence-electron chi connectivity index (χ3n) is 2.89. The fourth-order valence-corrected chi connectivity index (χ4v) is 1.79. The number of aliphatic hydroxyl groups excluding tert-OH is 1. The molecule has 0 aliphatic carbocycles. The second kappa shape index (κ2) is 6.05. The number of rotatable bonds is 4. The summed E-state index contributed by atoms with van der Waals surface area (Å²) in [7, 11) is 0. The highest BCUT2D eigenvalue weighted by molar-refractivity contribution is 5.93. The summed E-state index contributed by atoms with van der Waals surface area (Å²) in [5.74, 6) is -0.577. The van der Waals surface area contributed by atoms with E-state index in [1.165, 1.54) is 0 Å². The minimum atomic E-state index is -1.36. The Morgan fingerprint density at radius 3 is 1.95 bits per heavy atom. The van der Waals surface area contributed by atoms with Gasteiger partial charge in [-0.15, -0.1) is 4.91 Å². The minimum Gasteiger partial charge on any atom is -0.365 e. The molecular weight excluding hydrogens is 260 g/mol. The van der Waals surface area contributed by atoms with E-state index in [-0.39, 0.29) is 0 Å². The molecule has 1 atom stereocenters. The Morgan fingerprint density at radius 2 is 1.50 bits per heavy atom. The number of benzene rings is 2. The first-order valence-corrected chi connectivity index (χ1v) is 5.81. The molecule has 6 heteroatoms. The number of hydroxylamine groups is 1. The Labute approximate surface area is 114 Å². The average molecular weight is 272 g/mol. The summed E-state index contributed by atoms with van der Waals surface area (Å²) in [5.41, 5.74) is 4.04. The van der Waals surface area contributed by atoms with Gasteiger partial charge in [-0.2, -0.15) is 0 Å². The van der Waals surface area contributed by atoms with Crippen LogP contribution in [0.25, 0.3) is 11.1 Å². The van der Waals surface area contributed by atoms with Crippen LogP contribution < -0.4 is 5.48 Å². The number of hydrogen-bond acceptors (Lipinski definition) is 5. The van der Waals surface area contributed by atoms with E-state index in [1.807, 2.05) is 0 Å². The molecule has 2 aromatic carbocycles. The lowest BCUT2D eigenvalue weighted by Crippen LogP contribution is -2.18. The second-order valence-electron chi connectivity index (χ2n) is 4.12. The van der Waals surface area contributed by atoms with Gasteiger partial charge in [0.1, 0.15) is 0 Å². The summed E-state index contributed by atoms with van der Waals surface area (Å²) in [6, 6.07) is 13.3. The average Bonchev–Trinajstić information content (AvgIpc) is 2.53. The van der Waals surface area contributed by atoms with Gasteiger partial charge in [0.2, 0.25) is 6.23 Å². The van der Waals surface area contributed by atoms with Crippen molar-refractivity contribution in [2.45, 2.75) is 6.23 Å². The van der Waals surface area contributed by atoms with Crippen molar-refractivity contribution in [3.63, 3.8) is 0 Å². The van der Waals surface area contributed by atoms with Crippen molar-refractivity contribution in [3.8, 4) is 11.1 Å². The van der Waals surface area contributed by atoms with Crippen molar-refractivity contribution < 1.29 is 15.1 Å². The molecule has 0 saturated heterocycles. The number of amides is 1. The molecule has 3 N–H and O–H groups in total. The van der Waals surface area contributed by atoms with Crippen LogP contribution in [0.3, 0.4) is 0 Å². The standard InChI is InChI=1S/C14H12N2O4/c17-13(15-19)11-5-1-9(2-6-11)10-3-7-12(8-4-10)14(18)16-20/h1-8,13,17,20H,(H,16,18). The fourth-order valence-electron chi connectivity index (χ4n) is 1.79. The molecule has 6 nitrogen and oxygen atoms in total. The monoisotopic (exact) mass is 272 g/mol. The maximum Gasteiger partial charge on any atom is 0.274 e. The van der Waals surface area contributed by atoms with Crippen molar-refractivity contribution >= 4 is 5.91 Å². The zero-order chi connectivity index (χ0) is 14.5. The third-order valence-corrected chi connectivity index (χ3v) is 2.89. The van der Waals surface area contributed by atoms with Crippen molar-refractivity contribution in [2.75, 3.05) is 0 Å². The van der Waals surface area contributed by atoms with Crippen LogP contribution in [-0.2, 0) is 0 Å². The molecule has 0 aliphatic rings. The van der Waals surface area contributed by atoms with E-state index in [0.717, 1.165) is 11.1 Å². The maximum atomic E-state index is 11.2. The first-order chi connectivity index (χ1) is 9.65. The Hall–Kier alpha value is -2.57. The van der Waals surface area contributed by atoms with E-state index >= 15 is 0 Å². The van der Waals surface area contributed by atoms with Gasteiger partial charge in [0.15, 0.2) is 0 Å². The Kier molecular flexibility index (Phi) is 4.19. The lowest BCUT2D eigenvalue weighted by atomic mass is 10.0. The van der Waals surface area contributed by atoms with Gasteiger partial charge in [-0.05, 0) is 28.4 Å². The molecule has 1 unspecified atom stereocenters. The van der Waals surface area contributed by atoms with E-state index in [9.17, 15) is 14.8 Å². The Bertz CT molecular complexity index is 608. The number of carbonyl (C=O) groups excluding carboxylic acids is 1. The van der Waals surface area contributed by atoms with Crippen molar-refractivity contribution in [1.82, 2.24) is 5.48 Å².